The van der Waals surface area contributed by atoms with Gasteiger partial charge in [0.05, 0.1) is 29.8 Å². The maximum absolute atomic E-state index is 12.4. The van der Waals surface area contributed by atoms with Crippen LogP contribution < -0.4 is 10.2 Å². The quantitative estimate of drug-likeness (QED) is 0.766. The third kappa shape index (κ3) is 3.35. The number of anilines is 1. The number of nitrogens with one attached hydrogen (secondary N) is 1. The lowest BCUT2D eigenvalue weighted by Gasteiger charge is -2.33. The molecule has 3 heterocycles. The first kappa shape index (κ1) is 16.8. The second kappa shape index (κ2) is 6.92. The highest BCUT2D eigenvalue weighted by Crippen LogP contribution is 2.22. The first-order valence-electron chi connectivity index (χ1n) is 8.54. The van der Waals surface area contributed by atoms with E-state index in [4.69, 9.17) is 16.6 Å². The number of rotatable bonds is 3. The number of piperidine rings is 1. The number of aromatic nitrogens is 4. The van der Waals surface area contributed by atoms with Gasteiger partial charge in [-0.3, -0.25) is 9.78 Å². The fourth-order valence-corrected chi connectivity index (χ4v) is 3.43. The summed E-state index contributed by atoms with van der Waals surface area (Å²) in [7, 11) is 1.81. The second-order valence-corrected chi connectivity index (χ2v) is 6.95. The van der Waals surface area contributed by atoms with E-state index in [0.717, 1.165) is 36.2 Å². The molecule has 1 atom stereocenters. The predicted octanol–water partition coefficient (Wildman–Crippen LogP) is 2.42. The van der Waals surface area contributed by atoms with Gasteiger partial charge in [0.15, 0.2) is 0 Å². The van der Waals surface area contributed by atoms with Crippen molar-refractivity contribution in [1.29, 1.82) is 0 Å². The minimum atomic E-state index is -0.101. The molecule has 0 radical (unpaired) electrons. The van der Waals surface area contributed by atoms with Crippen LogP contribution in [0.2, 0.25) is 5.02 Å². The summed E-state index contributed by atoms with van der Waals surface area (Å²) in [5.74, 6) is 0.718. The van der Waals surface area contributed by atoms with Gasteiger partial charge in [-0.1, -0.05) is 11.6 Å². The van der Waals surface area contributed by atoms with Crippen molar-refractivity contribution < 1.29 is 4.79 Å². The SMILES string of the molecule is Cn1cncc1C(=O)NC1CCCN(c2cnc3cc(Cl)ccc3n2)C1. The van der Waals surface area contributed by atoms with Crippen LogP contribution in [0.4, 0.5) is 5.82 Å². The molecular weight excluding hydrogens is 352 g/mol. The molecule has 0 saturated carbocycles. The standard InChI is InChI=1S/C18H19ClN6O/c1-24-11-20-8-16(24)18(26)22-13-3-2-6-25(10-13)17-9-21-15-7-12(19)4-5-14(15)23-17/h4-5,7-9,11,13H,2-3,6,10H2,1H3,(H,22,26). The van der Waals surface area contributed by atoms with Crippen molar-refractivity contribution in [1.82, 2.24) is 24.8 Å². The number of benzene rings is 1. The van der Waals surface area contributed by atoms with Gasteiger partial charge in [0, 0.05) is 31.2 Å². The summed E-state index contributed by atoms with van der Waals surface area (Å²) in [6.07, 6.45) is 6.90. The van der Waals surface area contributed by atoms with Gasteiger partial charge in [-0.25, -0.2) is 9.97 Å². The summed E-state index contributed by atoms with van der Waals surface area (Å²) in [5, 5.41) is 3.75. The van der Waals surface area contributed by atoms with Crippen LogP contribution in [0.3, 0.4) is 0 Å². The highest BCUT2D eigenvalue weighted by molar-refractivity contribution is 6.31. The molecule has 1 saturated heterocycles. The van der Waals surface area contributed by atoms with Crippen LogP contribution in [0.1, 0.15) is 23.3 Å². The highest BCUT2D eigenvalue weighted by atomic mass is 35.5. The summed E-state index contributed by atoms with van der Waals surface area (Å²) in [5.41, 5.74) is 2.15. The number of hydrogen-bond acceptors (Lipinski definition) is 5. The lowest BCUT2D eigenvalue weighted by Crippen LogP contribution is -2.48. The number of fused-ring (bicyclic) bond motifs is 1. The molecule has 4 rings (SSSR count). The molecular formula is C18H19ClN6O. The Labute approximate surface area is 156 Å². The van der Waals surface area contributed by atoms with Crippen LogP contribution in [-0.2, 0) is 7.05 Å². The molecule has 1 amide bonds. The number of amides is 1. The molecule has 0 spiro atoms. The molecule has 7 nitrogen and oxygen atoms in total. The van der Waals surface area contributed by atoms with Crippen molar-refractivity contribution in [2.24, 2.45) is 7.05 Å². The van der Waals surface area contributed by atoms with E-state index >= 15 is 0 Å². The minimum Gasteiger partial charge on any atom is -0.353 e. The van der Waals surface area contributed by atoms with Gasteiger partial charge in [-0.05, 0) is 31.0 Å². The number of imidazole rings is 1. The Balaban J connectivity index is 1.49. The monoisotopic (exact) mass is 370 g/mol. The summed E-state index contributed by atoms with van der Waals surface area (Å²) in [6, 6.07) is 5.56. The minimum absolute atomic E-state index is 0.0638. The lowest BCUT2D eigenvalue weighted by atomic mass is 10.1. The third-order valence-corrected chi connectivity index (χ3v) is 4.86. The van der Waals surface area contributed by atoms with Gasteiger partial charge >= 0.3 is 0 Å². The number of nitrogens with zero attached hydrogens (tertiary/aromatic N) is 5. The first-order chi connectivity index (χ1) is 12.6. The summed E-state index contributed by atoms with van der Waals surface area (Å²) >= 11 is 6.00. The van der Waals surface area contributed by atoms with Crippen molar-refractivity contribution in [3.8, 4) is 0 Å². The van der Waals surface area contributed by atoms with Crippen LogP contribution in [-0.4, -0.2) is 44.6 Å². The van der Waals surface area contributed by atoms with Crippen molar-refractivity contribution in [2.75, 3.05) is 18.0 Å². The Hall–Kier alpha value is -2.67. The maximum atomic E-state index is 12.4. The molecule has 8 heteroatoms. The van der Waals surface area contributed by atoms with Crippen molar-refractivity contribution >= 4 is 34.4 Å². The zero-order valence-corrected chi connectivity index (χ0v) is 15.1. The van der Waals surface area contributed by atoms with Crippen LogP contribution in [0, 0.1) is 0 Å². The van der Waals surface area contributed by atoms with Gasteiger partial charge in [0.2, 0.25) is 0 Å². The molecule has 1 aliphatic rings. The van der Waals surface area contributed by atoms with Crippen molar-refractivity contribution in [3.05, 3.63) is 47.6 Å². The Morgan fingerprint density at radius 1 is 1.31 bits per heavy atom. The van der Waals surface area contributed by atoms with Crippen LogP contribution in [0.15, 0.2) is 36.9 Å². The molecule has 0 bridgehead atoms. The van der Waals surface area contributed by atoms with E-state index in [1.54, 1.807) is 29.4 Å². The molecule has 134 valence electrons. The molecule has 2 aromatic heterocycles. The largest absolute Gasteiger partial charge is 0.353 e. The van der Waals surface area contributed by atoms with E-state index < -0.39 is 0 Å². The summed E-state index contributed by atoms with van der Waals surface area (Å²) in [4.78, 5) is 27.7. The average Bonchev–Trinajstić information content (AvgIpc) is 3.07. The molecule has 1 N–H and O–H groups in total. The molecule has 1 aliphatic heterocycles. The third-order valence-electron chi connectivity index (χ3n) is 4.62. The Morgan fingerprint density at radius 3 is 3.00 bits per heavy atom. The predicted molar refractivity (Wildman–Crippen MR) is 100 cm³/mol. The van der Waals surface area contributed by atoms with Gasteiger partial charge in [-0.15, -0.1) is 0 Å². The van der Waals surface area contributed by atoms with E-state index in [1.165, 1.54) is 0 Å². The zero-order chi connectivity index (χ0) is 18.1. The number of carbonyl (C=O) groups is 1. The lowest BCUT2D eigenvalue weighted by molar-refractivity contribution is 0.0925. The molecule has 1 unspecified atom stereocenters. The molecule has 26 heavy (non-hydrogen) atoms. The molecule has 3 aromatic rings. The highest BCUT2D eigenvalue weighted by Gasteiger charge is 2.24. The summed E-state index contributed by atoms with van der Waals surface area (Å²) in [6.45, 7) is 1.60. The van der Waals surface area contributed by atoms with Crippen molar-refractivity contribution in [2.45, 2.75) is 18.9 Å². The number of aryl methyl sites for hydroxylation is 1. The van der Waals surface area contributed by atoms with Gasteiger partial charge in [0.1, 0.15) is 11.5 Å². The fourth-order valence-electron chi connectivity index (χ4n) is 3.26. The smallest absolute Gasteiger partial charge is 0.269 e. The van der Waals surface area contributed by atoms with Gasteiger partial charge in [0.25, 0.3) is 5.91 Å². The molecule has 1 fully saturated rings. The van der Waals surface area contributed by atoms with Crippen LogP contribution >= 0.6 is 11.6 Å². The van der Waals surface area contributed by atoms with Gasteiger partial charge in [-0.2, -0.15) is 0 Å². The Morgan fingerprint density at radius 2 is 2.19 bits per heavy atom. The topological polar surface area (TPSA) is 75.9 Å². The molecule has 1 aromatic carbocycles. The van der Waals surface area contributed by atoms with Crippen LogP contribution in [0.5, 0.6) is 0 Å². The Bertz CT molecular complexity index is 956. The zero-order valence-electron chi connectivity index (χ0n) is 14.4. The van der Waals surface area contributed by atoms with Crippen molar-refractivity contribution in [3.63, 3.8) is 0 Å². The number of carbonyl (C=O) groups excluding carboxylic acids is 1. The van der Waals surface area contributed by atoms with E-state index in [-0.39, 0.29) is 11.9 Å². The van der Waals surface area contributed by atoms with Gasteiger partial charge < -0.3 is 14.8 Å². The average molecular weight is 371 g/mol. The van der Waals surface area contributed by atoms with E-state index in [0.29, 0.717) is 17.3 Å². The van der Waals surface area contributed by atoms with E-state index in [9.17, 15) is 4.79 Å². The van der Waals surface area contributed by atoms with E-state index in [1.807, 2.05) is 19.2 Å². The summed E-state index contributed by atoms with van der Waals surface area (Å²) < 4.78 is 1.72. The second-order valence-electron chi connectivity index (χ2n) is 6.51. The number of hydrogen-bond donors (Lipinski definition) is 1. The van der Waals surface area contributed by atoms with Crippen LogP contribution in [0.25, 0.3) is 11.0 Å². The first-order valence-corrected chi connectivity index (χ1v) is 8.92. The maximum Gasteiger partial charge on any atom is 0.269 e. The number of halogens is 1. The normalized spacial score (nSPS) is 17.5. The fraction of sp³-hybridized carbons (Fsp3) is 0.333. The molecule has 0 aliphatic carbocycles. The van der Waals surface area contributed by atoms with E-state index in [2.05, 4.69) is 20.2 Å². The Kier molecular flexibility index (Phi) is 4.46.